The molecule has 1 aromatic rings. The van der Waals surface area contributed by atoms with Crippen LogP contribution in [0.4, 0.5) is 17.6 Å². The van der Waals surface area contributed by atoms with Crippen molar-refractivity contribution in [3.05, 3.63) is 23.8 Å². The minimum Gasteiger partial charge on any atom is -0.431 e. The third-order valence-corrected chi connectivity index (χ3v) is 4.03. The summed E-state index contributed by atoms with van der Waals surface area (Å²) in [6.45, 7) is -6.36. The van der Waals surface area contributed by atoms with E-state index in [4.69, 9.17) is 5.73 Å². The van der Waals surface area contributed by atoms with Crippen LogP contribution in [0.3, 0.4) is 0 Å². The fraction of sp³-hybridized carbons (Fsp3) is 0.533. The third-order valence-electron chi connectivity index (χ3n) is 4.03. The Hall–Kier alpha value is -2.01. The lowest BCUT2D eigenvalue weighted by Gasteiger charge is -2.34. The lowest BCUT2D eigenvalue weighted by Crippen LogP contribution is -2.36. The zero-order chi connectivity index (χ0) is 17.0. The number of nitriles is 1. The smallest absolute Gasteiger partial charge is 0.387 e. The highest BCUT2D eigenvalue weighted by molar-refractivity contribution is 5.47. The molecule has 1 aliphatic rings. The van der Waals surface area contributed by atoms with E-state index < -0.39 is 30.1 Å². The predicted molar refractivity (Wildman–Crippen MR) is 73.4 cm³/mol. The van der Waals surface area contributed by atoms with Gasteiger partial charge in [0, 0.05) is 6.04 Å². The van der Waals surface area contributed by atoms with Crippen LogP contribution in [0.2, 0.25) is 0 Å². The largest absolute Gasteiger partial charge is 0.431 e. The van der Waals surface area contributed by atoms with Crippen LogP contribution < -0.4 is 15.2 Å². The summed E-state index contributed by atoms with van der Waals surface area (Å²) < 4.78 is 58.1. The fourth-order valence-corrected chi connectivity index (χ4v) is 2.79. The van der Waals surface area contributed by atoms with Gasteiger partial charge in [-0.3, -0.25) is 0 Å². The topological polar surface area (TPSA) is 68.3 Å². The van der Waals surface area contributed by atoms with Gasteiger partial charge in [0.05, 0.1) is 11.5 Å². The third kappa shape index (κ3) is 4.05. The van der Waals surface area contributed by atoms with Gasteiger partial charge < -0.3 is 15.2 Å². The van der Waals surface area contributed by atoms with Gasteiger partial charge in [0.25, 0.3) is 0 Å². The van der Waals surface area contributed by atoms with Gasteiger partial charge >= 0.3 is 13.2 Å². The van der Waals surface area contributed by atoms with Crippen molar-refractivity contribution in [1.29, 1.82) is 5.26 Å². The Morgan fingerprint density at radius 3 is 2.17 bits per heavy atom. The highest BCUT2D eigenvalue weighted by atomic mass is 19.3. The van der Waals surface area contributed by atoms with E-state index >= 15 is 0 Å². The number of benzene rings is 1. The first-order valence-electron chi connectivity index (χ1n) is 7.07. The van der Waals surface area contributed by atoms with Crippen molar-refractivity contribution >= 4 is 0 Å². The van der Waals surface area contributed by atoms with Crippen LogP contribution in [0.5, 0.6) is 11.5 Å². The van der Waals surface area contributed by atoms with Crippen LogP contribution in [0.15, 0.2) is 18.2 Å². The molecule has 2 N–H and O–H groups in total. The van der Waals surface area contributed by atoms with E-state index in [9.17, 15) is 22.8 Å². The maximum Gasteiger partial charge on any atom is 0.387 e. The zero-order valence-corrected chi connectivity index (χ0v) is 12.1. The second kappa shape index (κ2) is 7.04. The van der Waals surface area contributed by atoms with Gasteiger partial charge in [-0.05, 0) is 43.4 Å². The van der Waals surface area contributed by atoms with Gasteiger partial charge in [-0.1, -0.05) is 6.07 Å². The Kier molecular flexibility index (Phi) is 5.31. The van der Waals surface area contributed by atoms with E-state index in [0.717, 1.165) is 6.07 Å². The molecule has 4 nitrogen and oxygen atoms in total. The van der Waals surface area contributed by atoms with Crippen molar-refractivity contribution in [1.82, 2.24) is 0 Å². The summed E-state index contributed by atoms with van der Waals surface area (Å²) in [5, 5.41) is 9.54. The molecule has 0 saturated heterocycles. The van der Waals surface area contributed by atoms with Crippen LogP contribution in [0.25, 0.3) is 0 Å². The van der Waals surface area contributed by atoms with Gasteiger partial charge in [0.15, 0.2) is 11.5 Å². The van der Waals surface area contributed by atoms with Crippen LogP contribution in [-0.2, 0) is 5.41 Å². The van der Waals surface area contributed by atoms with E-state index in [1.54, 1.807) is 0 Å². The fourth-order valence-electron chi connectivity index (χ4n) is 2.79. The standard InChI is InChI=1S/C15H16F4N2O2/c16-13(17)22-11-2-1-9(7-12(11)23-14(18)19)15(8-20)5-3-10(21)4-6-15/h1-2,7,10,13-14H,3-6,21H2/t10-,15-. The van der Waals surface area contributed by atoms with E-state index in [1.807, 2.05) is 0 Å². The molecule has 2 rings (SSSR count). The first-order valence-corrected chi connectivity index (χ1v) is 7.07. The van der Waals surface area contributed by atoms with E-state index in [2.05, 4.69) is 15.5 Å². The van der Waals surface area contributed by atoms with Crippen molar-refractivity contribution in [2.75, 3.05) is 0 Å². The molecular weight excluding hydrogens is 316 g/mol. The molecule has 0 heterocycles. The first-order chi connectivity index (χ1) is 10.9. The average Bonchev–Trinajstić information content (AvgIpc) is 2.49. The lowest BCUT2D eigenvalue weighted by molar-refractivity contribution is -0.0693. The van der Waals surface area contributed by atoms with E-state index in [1.165, 1.54) is 12.1 Å². The molecule has 0 spiro atoms. The van der Waals surface area contributed by atoms with Crippen molar-refractivity contribution in [3.63, 3.8) is 0 Å². The molecule has 0 amide bonds. The molecule has 126 valence electrons. The maximum atomic E-state index is 12.5. The summed E-state index contributed by atoms with van der Waals surface area (Å²) >= 11 is 0. The number of nitrogens with zero attached hydrogens (tertiary/aromatic N) is 1. The van der Waals surface area contributed by atoms with Crippen LogP contribution in [-0.4, -0.2) is 19.3 Å². The van der Waals surface area contributed by atoms with Gasteiger partial charge in [-0.2, -0.15) is 22.8 Å². The number of nitrogens with two attached hydrogens (primary N) is 1. The summed E-state index contributed by atoms with van der Waals surface area (Å²) in [7, 11) is 0. The Labute approximate surface area is 130 Å². The zero-order valence-electron chi connectivity index (χ0n) is 12.1. The Bertz CT molecular complexity index is 581. The SMILES string of the molecule is N#C[C@]1(c2ccc(OC(F)F)c(OC(F)F)c2)CC[C@H](N)CC1. The second-order valence-corrected chi connectivity index (χ2v) is 5.45. The molecule has 0 atom stereocenters. The first kappa shape index (κ1) is 17.3. The quantitative estimate of drug-likeness (QED) is 0.837. The summed E-state index contributed by atoms with van der Waals surface area (Å²) in [4.78, 5) is 0. The number of rotatable bonds is 5. The van der Waals surface area contributed by atoms with E-state index in [0.29, 0.717) is 31.2 Å². The highest BCUT2D eigenvalue weighted by Crippen LogP contribution is 2.42. The normalized spacial score (nSPS) is 24.5. The molecule has 23 heavy (non-hydrogen) atoms. The number of ether oxygens (including phenoxy) is 2. The molecule has 0 unspecified atom stereocenters. The molecule has 0 radical (unpaired) electrons. The molecule has 0 aromatic heterocycles. The van der Waals surface area contributed by atoms with E-state index in [-0.39, 0.29) is 6.04 Å². The maximum absolute atomic E-state index is 12.5. The molecule has 1 aliphatic carbocycles. The van der Waals surface area contributed by atoms with Gasteiger partial charge in [-0.25, -0.2) is 0 Å². The number of alkyl halides is 4. The molecule has 0 aliphatic heterocycles. The average molecular weight is 332 g/mol. The number of halogens is 4. The number of hydrogen-bond donors (Lipinski definition) is 1. The van der Waals surface area contributed by atoms with Crippen LogP contribution >= 0.6 is 0 Å². The minimum absolute atomic E-state index is 0.00491. The van der Waals surface area contributed by atoms with Gasteiger partial charge in [0.2, 0.25) is 0 Å². The van der Waals surface area contributed by atoms with Crippen molar-refractivity contribution < 1.29 is 27.0 Å². The summed E-state index contributed by atoms with van der Waals surface area (Å²) in [5.74, 6) is -1.01. The van der Waals surface area contributed by atoms with Crippen LogP contribution in [0.1, 0.15) is 31.2 Å². The second-order valence-electron chi connectivity index (χ2n) is 5.45. The predicted octanol–water partition coefficient (Wildman–Crippen LogP) is 3.55. The Morgan fingerprint density at radius 1 is 1.09 bits per heavy atom. The Balaban J connectivity index is 2.37. The highest BCUT2D eigenvalue weighted by Gasteiger charge is 2.37. The lowest BCUT2D eigenvalue weighted by atomic mass is 9.69. The summed E-state index contributed by atoms with van der Waals surface area (Å²) in [6.07, 6.45) is 2.17. The number of hydrogen-bond acceptors (Lipinski definition) is 4. The molecule has 1 saturated carbocycles. The monoisotopic (exact) mass is 332 g/mol. The summed E-state index contributed by atoms with van der Waals surface area (Å²) in [5.41, 5.74) is 5.37. The summed E-state index contributed by atoms with van der Waals surface area (Å²) in [6, 6.07) is 5.92. The van der Waals surface area contributed by atoms with Gasteiger partial charge in [0.1, 0.15) is 0 Å². The Morgan fingerprint density at radius 2 is 1.65 bits per heavy atom. The van der Waals surface area contributed by atoms with Gasteiger partial charge in [-0.15, -0.1) is 0 Å². The van der Waals surface area contributed by atoms with Crippen molar-refractivity contribution in [3.8, 4) is 17.6 Å². The molecule has 1 fully saturated rings. The minimum atomic E-state index is -3.19. The van der Waals surface area contributed by atoms with Crippen molar-refractivity contribution in [2.45, 2.75) is 50.4 Å². The molecule has 0 bridgehead atoms. The van der Waals surface area contributed by atoms with Crippen LogP contribution in [0, 0.1) is 11.3 Å². The van der Waals surface area contributed by atoms with Crippen molar-refractivity contribution in [2.24, 2.45) is 5.73 Å². The molecule has 8 heteroatoms. The molecule has 1 aromatic carbocycles. The molecular formula is C15H16F4N2O2.